The van der Waals surface area contributed by atoms with E-state index in [0.717, 1.165) is 27.8 Å². The number of amides is 1. The van der Waals surface area contributed by atoms with E-state index in [-0.39, 0.29) is 11.5 Å². The van der Waals surface area contributed by atoms with Gasteiger partial charge in [-0.1, -0.05) is 18.2 Å². The average molecular weight is 443 g/mol. The zero-order chi connectivity index (χ0) is 22.9. The Hall–Kier alpha value is -3.71. The Bertz CT molecular complexity index is 1360. The third kappa shape index (κ3) is 4.07. The van der Waals surface area contributed by atoms with Crippen molar-refractivity contribution in [1.29, 1.82) is 0 Å². The lowest BCUT2D eigenvalue weighted by Gasteiger charge is -2.27. The van der Waals surface area contributed by atoms with E-state index >= 15 is 0 Å². The molecule has 5 rings (SSSR count). The monoisotopic (exact) mass is 442 g/mol. The quantitative estimate of drug-likeness (QED) is 0.674. The number of rotatable bonds is 3. The van der Waals surface area contributed by atoms with E-state index in [1.165, 1.54) is 0 Å². The van der Waals surface area contributed by atoms with Crippen LogP contribution in [-0.2, 0) is 16.1 Å². The highest BCUT2D eigenvalue weighted by atomic mass is 16.5. The van der Waals surface area contributed by atoms with E-state index in [4.69, 9.17) is 10.5 Å². The van der Waals surface area contributed by atoms with Gasteiger partial charge in [-0.2, -0.15) is 0 Å². The first-order chi connectivity index (χ1) is 16.0. The van der Waals surface area contributed by atoms with Gasteiger partial charge in [0.05, 0.1) is 18.9 Å². The number of aromatic nitrogens is 1. The van der Waals surface area contributed by atoms with Crippen LogP contribution in [0, 0.1) is 0 Å². The van der Waals surface area contributed by atoms with Crippen molar-refractivity contribution in [2.75, 3.05) is 26.3 Å². The normalized spacial score (nSPS) is 16.1. The van der Waals surface area contributed by atoms with E-state index in [1.807, 2.05) is 66.6 Å². The highest BCUT2D eigenvalue weighted by Crippen LogP contribution is 2.33. The number of hydrogen-bond donors (Lipinski definition) is 1. The minimum atomic E-state index is -0.0133. The van der Waals surface area contributed by atoms with E-state index < -0.39 is 0 Å². The van der Waals surface area contributed by atoms with Crippen molar-refractivity contribution in [3.8, 4) is 11.1 Å². The van der Waals surface area contributed by atoms with Crippen LogP contribution in [0.3, 0.4) is 0 Å². The van der Waals surface area contributed by atoms with Gasteiger partial charge in [0.2, 0.25) is 5.91 Å². The number of hydrogen-bond acceptors (Lipinski definition) is 5. The predicted octanol–water partition coefficient (Wildman–Crippen LogP) is 3.32. The molecule has 2 aliphatic heterocycles. The average Bonchev–Trinajstić information content (AvgIpc) is 3.01. The molecular formula is C26H26N4O3. The highest BCUT2D eigenvalue weighted by molar-refractivity contribution is 6.05. The molecule has 0 spiro atoms. The first-order valence-electron chi connectivity index (χ1n) is 11.2. The summed E-state index contributed by atoms with van der Waals surface area (Å²) in [5.41, 5.74) is 10.4. The Labute approximate surface area is 191 Å². The van der Waals surface area contributed by atoms with Crippen LogP contribution in [0.15, 0.2) is 64.0 Å². The second-order valence-corrected chi connectivity index (χ2v) is 8.34. The van der Waals surface area contributed by atoms with Crippen LogP contribution in [0.2, 0.25) is 0 Å². The molecule has 1 saturated heterocycles. The molecule has 33 heavy (non-hydrogen) atoms. The van der Waals surface area contributed by atoms with E-state index in [2.05, 4.69) is 4.99 Å². The molecule has 1 fully saturated rings. The molecule has 7 heteroatoms. The first kappa shape index (κ1) is 21.2. The number of benzene rings is 2. The molecule has 1 aromatic heterocycles. The Morgan fingerprint density at radius 1 is 1.09 bits per heavy atom. The number of aryl methyl sites for hydroxylation is 1. The summed E-state index contributed by atoms with van der Waals surface area (Å²) in [6.07, 6.45) is 4.04. The minimum Gasteiger partial charge on any atom is -0.387 e. The molecule has 2 aromatic carbocycles. The Balaban J connectivity index is 1.51. The number of carbonyl (C=O) groups is 1. The van der Waals surface area contributed by atoms with Crippen molar-refractivity contribution in [1.82, 2.24) is 9.47 Å². The maximum atomic E-state index is 13.0. The molecule has 0 radical (unpaired) electrons. The summed E-state index contributed by atoms with van der Waals surface area (Å²) in [5.74, 6) is 0.401. The van der Waals surface area contributed by atoms with Gasteiger partial charge in [0.15, 0.2) is 0 Å². The van der Waals surface area contributed by atoms with Crippen molar-refractivity contribution in [3.05, 3.63) is 70.2 Å². The number of nitrogens with two attached hydrogens (primary N) is 1. The second-order valence-electron chi connectivity index (χ2n) is 8.34. The van der Waals surface area contributed by atoms with Gasteiger partial charge < -0.3 is 19.9 Å². The minimum absolute atomic E-state index is 0.0133. The molecule has 0 saturated carbocycles. The number of morpholine rings is 1. The van der Waals surface area contributed by atoms with Crippen LogP contribution in [0.5, 0.6) is 0 Å². The number of nitrogens with zero attached hydrogens (tertiary/aromatic N) is 3. The fourth-order valence-corrected chi connectivity index (χ4v) is 4.39. The number of ether oxygens (including phenoxy) is 1. The van der Waals surface area contributed by atoms with Gasteiger partial charge in [0.25, 0.3) is 5.56 Å². The summed E-state index contributed by atoms with van der Waals surface area (Å²) in [6.45, 7) is 4.89. The van der Waals surface area contributed by atoms with Crippen LogP contribution < -0.4 is 11.3 Å². The smallest absolute Gasteiger partial charge is 0.258 e. The van der Waals surface area contributed by atoms with Gasteiger partial charge in [-0.3, -0.25) is 9.59 Å². The van der Waals surface area contributed by atoms with Crippen molar-refractivity contribution in [3.63, 3.8) is 0 Å². The van der Waals surface area contributed by atoms with Gasteiger partial charge in [0, 0.05) is 48.8 Å². The van der Waals surface area contributed by atoms with Crippen molar-refractivity contribution in [2.24, 2.45) is 10.7 Å². The topological polar surface area (TPSA) is 89.9 Å². The van der Waals surface area contributed by atoms with Crippen molar-refractivity contribution < 1.29 is 9.53 Å². The van der Waals surface area contributed by atoms with Crippen molar-refractivity contribution >= 4 is 34.3 Å². The second kappa shape index (κ2) is 8.67. The van der Waals surface area contributed by atoms with E-state index in [0.29, 0.717) is 56.1 Å². The van der Waals surface area contributed by atoms with E-state index in [9.17, 15) is 9.59 Å². The summed E-state index contributed by atoms with van der Waals surface area (Å²) >= 11 is 0. The standard InChI is InChI=1S/C26H26N4O3/c1-2-29-8-7-19-13-17(5-6-22(19)26(29)32)18-3-4-20-14-21(16-24(27)28-23(20)15-18)25(31)30-9-11-33-12-10-30/h3-8,13-15H,2,9-12,16H2,1H3,(H2,27,28). The predicted molar refractivity (Wildman–Crippen MR) is 131 cm³/mol. The molecule has 0 aliphatic carbocycles. The summed E-state index contributed by atoms with van der Waals surface area (Å²) in [5, 5.41) is 1.60. The van der Waals surface area contributed by atoms with Gasteiger partial charge in [-0.25, -0.2) is 4.99 Å². The Kier molecular flexibility index (Phi) is 5.56. The summed E-state index contributed by atoms with van der Waals surface area (Å²) in [4.78, 5) is 32.0. The van der Waals surface area contributed by atoms with Gasteiger partial charge >= 0.3 is 0 Å². The van der Waals surface area contributed by atoms with Crippen LogP contribution >= 0.6 is 0 Å². The highest BCUT2D eigenvalue weighted by Gasteiger charge is 2.23. The number of carbonyl (C=O) groups excluding carboxylic acids is 1. The maximum Gasteiger partial charge on any atom is 0.258 e. The van der Waals surface area contributed by atoms with Crippen LogP contribution in [0.4, 0.5) is 5.69 Å². The van der Waals surface area contributed by atoms with Gasteiger partial charge in [-0.15, -0.1) is 0 Å². The zero-order valence-corrected chi connectivity index (χ0v) is 18.6. The third-order valence-corrected chi connectivity index (χ3v) is 6.22. The number of amidine groups is 1. The fourth-order valence-electron chi connectivity index (χ4n) is 4.39. The number of aliphatic imine (C=N–C) groups is 1. The zero-order valence-electron chi connectivity index (χ0n) is 18.6. The molecule has 0 atom stereocenters. The lowest BCUT2D eigenvalue weighted by Crippen LogP contribution is -2.41. The molecule has 3 aromatic rings. The molecule has 2 aliphatic rings. The van der Waals surface area contributed by atoms with Crippen LogP contribution in [0.1, 0.15) is 18.9 Å². The molecular weight excluding hydrogens is 416 g/mol. The maximum absolute atomic E-state index is 13.0. The van der Waals surface area contributed by atoms with Crippen molar-refractivity contribution in [2.45, 2.75) is 19.9 Å². The van der Waals surface area contributed by atoms with Gasteiger partial charge in [0.1, 0.15) is 5.84 Å². The SMILES string of the molecule is CCn1ccc2cc(-c3ccc4c(c3)N=C(N)CC(C(=O)N3CCOCC3)=C4)ccc2c1=O. The summed E-state index contributed by atoms with van der Waals surface area (Å²) < 4.78 is 7.06. The van der Waals surface area contributed by atoms with Gasteiger partial charge in [-0.05, 0) is 53.8 Å². The largest absolute Gasteiger partial charge is 0.387 e. The Morgan fingerprint density at radius 2 is 1.85 bits per heavy atom. The molecule has 3 heterocycles. The lowest BCUT2D eigenvalue weighted by atomic mass is 9.99. The first-order valence-corrected chi connectivity index (χ1v) is 11.2. The molecule has 1 amide bonds. The lowest BCUT2D eigenvalue weighted by molar-refractivity contribution is -0.131. The molecule has 0 unspecified atom stereocenters. The molecule has 2 N–H and O–H groups in total. The third-order valence-electron chi connectivity index (χ3n) is 6.22. The summed E-state index contributed by atoms with van der Waals surface area (Å²) in [6, 6.07) is 13.8. The van der Waals surface area contributed by atoms with Crippen LogP contribution in [0.25, 0.3) is 28.0 Å². The van der Waals surface area contributed by atoms with E-state index in [1.54, 1.807) is 4.57 Å². The number of pyridine rings is 1. The summed E-state index contributed by atoms with van der Waals surface area (Å²) in [7, 11) is 0. The molecule has 0 bridgehead atoms. The fraction of sp³-hybridized carbons (Fsp3) is 0.269. The Morgan fingerprint density at radius 3 is 2.64 bits per heavy atom. The van der Waals surface area contributed by atoms with Crippen LogP contribution in [-0.4, -0.2) is 47.5 Å². The number of fused-ring (bicyclic) bond motifs is 2. The molecule has 7 nitrogen and oxygen atoms in total. The molecule has 168 valence electrons.